The van der Waals surface area contributed by atoms with Crippen LogP contribution in [0.25, 0.3) is 0 Å². The van der Waals surface area contributed by atoms with Crippen molar-refractivity contribution in [2.45, 2.75) is 12.0 Å². The van der Waals surface area contributed by atoms with Gasteiger partial charge in [0.05, 0.1) is 39.1 Å². The van der Waals surface area contributed by atoms with E-state index in [-0.39, 0.29) is 29.8 Å². The molecule has 222 valence electrons. The number of carbonyl (C=O) groups excluding carboxylic acids is 2. The predicted octanol–water partition coefficient (Wildman–Crippen LogP) is 5.32. The number of rotatable bonds is 13. The molecule has 0 fully saturated rings. The Kier molecular flexibility index (Phi) is 10.1. The molecule has 4 rings (SSSR count). The minimum Gasteiger partial charge on any atom is -0.497 e. The monoisotopic (exact) mass is 583 g/mol. The van der Waals surface area contributed by atoms with Gasteiger partial charge in [-0.15, -0.1) is 0 Å². The van der Waals surface area contributed by atoms with Gasteiger partial charge in [0.25, 0.3) is 5.91 Å². The van der Waals surface area contributed by atoms with E-state index in [0.717, 1.165) is 16.7 Å². The first kappa shape index (κ1) is 30.8. The number of ether oxygens (including phenoxy) is 4. The van der Waals surface area contributed by atoms with Gasteiger partial charge in [0.15, 0.2) is 0 Å². The molecular weight excluding hydrogens is 550 g/mol. The highest BCUT2D eigenvalue weighted by Crippen LogP contribution is 2.41. The Morgan fingerprint density at radius 1 is 0.698 bits per heavy atom. The zero-order chi connectivity index (χ0) is 30.8. The number of methoxy groups -OCH3 is 3. The van der Waals surface area contributed by atoms with Crippen molar-refractivity contribution in [3.63, 3.8) is 0 Å². The number of aromatic carboxylic acids is 1. The maximum absolute atomic E-state index is 12.9. The third-order valence-corrected chi connectivity index (χ3v) is 6.96. The standard InChI is InChI=1S/C34H33NO8/c1-40-29-14-10-27(11-15-29)34(26-8-5-4-6-9-26,28-12-16-30(41-2)17-13-28)43-19-7-18-35-31(36)23-20-24(32(37)38)22-25(21-23)33(39)42-3/h4-6,8-17,20-22H,7,18-19H2,1-3H3,(H,35,36)(H,37,38). The van der Waals surface area contributed by atoms with E-state index in [4.69, 9.17) is 18.9 Å². The molecule has 9 nitrogen and oxygen atoms in total. The Balaban J connectivity index is 1.58. The number of hydrogen-bond donors (Lipinski definition) is 2. The molecule has 0 saturated heterocycles. The summed E-state index contributed by atoms with van der Waals surface area (Å²) in [5.74, 6) is -1.09. The van der Waals surface area contributed by atoms with Gasteiger partial charge in [0, 0.05) is 12.1 Å². The Hall–Kier alpha value is -5.15. The molecule has 9 heteroatoms. The quantitative estimate of drug-likeness (QED) is 0.123. The van der Waals surface area contributed by atoms with Crippen molar-refractivity contribution in [2.75, 3.05) is 34.5 Å². The van der Waals surface area contributed by atoms with Crippen molar-refractivity contribution < 1.29 is 38.4 Å². The summed E-state index contributed by atoms with van der Waals surface area (Å²) in [6.45, 7) is 0.496. The van der Waals surface area contributed by atoms with Crippen LogP contribution in [0.15, 0.2) is 97.1 Å². The van der Waals surface area contributed by atoms with Gasteiger partial charge < -0.3 is 29.4 Å². The number of hydrogen-bond acceptors (Lipinski definition) is 7. The van der Waals surface area contributed by atoms with Crippen molar-refractivity contribution in [1.29, 1.82) is 0 Å². The summed E-state index contributed by atoms with van der Waals surface area (Å²) in [7, 11) is 4.41. The second kappa shape index (κ2) is 14.2. The van der Waals surface area contributed by atoms with Crippen LogP contribution in [0.3, 0.4) is 0 Å². The van der Waals surface area contributed by atoms with Crippen molar-refractivity contribution in [3.8, 4) is 11.5 Å². The maximum atomic E-state index is 12.9. The zero-order valence-corrected chi connectivity index (χ0v) is 24.2. The summed E-state index contributed by atoms with van der Waals surface area (Å²) in [5, 5.41) is 12.2. The van der Waals surface area contributed by atoms with Crippen molar-refractivity contribution in [2.24, 2.45) is 0 Å². The Morgan fingerprint density at radius 3 is 1.72 bits per heavy atom. The topological polar surface area (TPSA) is 120 Å². The number of esters is 1. The van der Waals surface area contributed by atoms with E-state index in [2.05, 4.69) is 5.32 Å². The van der Waals surface area contributed by atoms with Gasteiger partial charge in [-0.25, -0.2) is 9.59 Å². The van der Waals surface area contributed by atoms with Crippen LogP contribution in [0.1, 0.15) is 54.2 Å². The van der Waals surface area contributed by atoms with Gasteiger partial charge in [-0.1, -0.05) is 54.6 Å². The maximum Gasteiger partial charge on any atom is 0.337 e. The molecule has 2 N–H and O–H groups in total. The van der Waals surface area contributed by atoms with Gasteiger partial charge >= 0.3 is 11.9 Å². The van der Waals surface area contributed by atoms with E-state index in [0.29, 0.717) is 17.9 Å². The lowest BCUT2D eigenvalue weighted by Gasteiger charge is -2.36. The second-order valence-electron chi connectivity index (χ2n) is 9.56. The number of carboxylic acids is 1. The molecule has 4 aromatic carbocycles. The fourth-order valence-corrected chi connectivity index (χ4v) is 4.79. The molecule has 0 aromatic heterocycles. The molecule has 0 unspecified atom stereocenters. The van der Waals surface area contributed by atoms with Gasteiger partial charge in [-0.3, -0.25) is 4.79 Å². The fourth-order valence-electron chi connectivity index (χ4n) is 4.79. The Morgan fingerprint density at radius 2 is 1.21 bits per heavy atom. The summed E-state index contributed by atoms with van der Waals surface area (Å²) in [6, 6.07) is 28.9. The number of carboxylic acid groups (broad SMARTS) is 1. The zero-order valence-electron chi connectivity index (χ0n) is 24.2. The summed E-state index contributed by atoms with van der Waals surface area (Å²) >= 11 is 0. The van der Waals surface area contributed by atoms with E-state index < -0.39 is 23.4 Å². The average molecular weight is 584 g/mol. The van der Waals surface area contributed by atoms with E-state index in [1.54, 1.807) is 14.2 Å². The first-order chi connectivity index (χ1) is 20.8. The molecule has 0 aliphatic rings. The molecule has 0 atom stereocenters. The summed E-state index contributed by atoms with van der Waals surface area (Å²) in [4.78, 5) is 36.4. The summed E-state index contributed by atoms with van der Waals surface area (Å²) < 4.78 is 22.2. The lowest BCUT2D eigenvalue weighted by molar-refractivity contribution is 0.0117. The van der Waals surface area contributed by atoms with Gasteiger partial charge in [0.1, 0.15) is 17.1 Å². The van der Waals surface area contributed by atoms with Gasteiger partial charge in [-0.05, 0) is 65.6 Å². The highest BCUT2D eigenvalue weighted by atomic mass is 16.5. The van der Waals surface area contributed by atoms with Crippen LogP contribution in [0.2, 0.25) is 0 Å². The number of benzene rings is 4. The molecule has 0 aliphatic carbocycles. The highest BCUT2D eigenvalue weighted by molar-refractivity contribution is 6.01. The molecule has 0 aliphatic heterocycles. The molecule has 0 spiro atoms. The van der Waals surface area contributed by atoms with Crippen molar-refractivity contribution in [3.05, 3.63) is 130 Å². The summed E-state index contributed by atoms with van der Waals surface area (Å²) in [5.41, 5.74) is 1.51. The smallest absolute Gasteiger partial charge is 0.337 e. The van der Waals surface area contributed by atoms with Gasteiger partial charge in [0.2, 0.25) is 0 Å². The molecular formula is C34H33NO8. The van der Waals surface area contributed by atoms with Crippen LogP contribution >= 0.6 is 0 Å². The molecule has 0 bridgehead atoms. The van der Waals surface area contributed by atoms with Crippen LogP contribution in [0, 0.1) is 0 Å². The summed E-state index contributed by atoms with van der Waals surface area (Å²) in [6.07, 6.45) is 0.440. The number of amides is 1. The third-order valence-electron chi connectivity index (χ3n) is 6.96. The van der Waals surface area contributed by atoms with E-state index in [9.17, 15) is 19.5 Å². The molecule has 1 amide bonds. The largest absolute Gasteiger partial charge is 0.497 e. The minimum atomic E-state index is -1.26. The average Bonchev–Trinajstić information content (AvgIpc) is 3.06. The first-order valence-corrected chi connectivity index (χ1v) is 13.6. The Bertz CT molecular complexity index is 1500. The van der Waals surface area contributed by atoms with E-state index in [1.807, 2.05) is 78.9 Å². The number of nitrogens with one attached hydrogen (secondary N) is 1. The lowest BCUT2D eigenvalue weighted by atomic mass is 9.80. The minimum absolute atomic E-state index is 0.0255. The van der Waals surface area contributed by atoms with Crippen LogP contribution in [-0.4, -0.2) is 57.4 Å². The van der Waals surface area contributed by atoms with E-state index in [1.165, 1.54) is 25.3 Å². The second-order valence-corrected chi connectivity index (χ2v) is 9.56. The molecule has 43 heavy (non-hydrogen) atoms. The normalized spacial score (nSPS) is 11.0. The van der Waals surface area contributed by atoms with Crippen LogP contribution in [0.4, 0.5) is 0 Å². The van der Waals surface area contributed by atoms with Gasteiger partial charge in [-0.2, -0.15) is 0 Å². The third kappa shape index (κ3) is 7.02. The lowest BCUT2D eigenvalue weighted by Crippen LogP contribution is -2.34. The van der Waals surface area contributed by atoms with Crippen molar-refractivity contribution >= 4 is 17.8 Å². The Labute approximate surface area is 250 Å². The highest BCUT2D eigenvalue weighted by Gasteiger charge is 2.37. The molecule has 0 saturated carbocycles. The van der Waals surface area contributed by atoms with Crippen molar-refractivity contribution in [1.82, 2.24) is 5.32 Å². The van der Waals surface area contributed by atoms with Crippen LogP contribution in [-0.2, 0) is 15.1 Å². The first-order valence-electron chi connectivity index (χ1n) is 13.6. The van der Waals surface area contributed by atoms with Crippen LogP contribution in [0.5, 0.6) is 11.5 Å². The SMILES string of the molecule is COC(=O)c1cc(C(=O)O)cc(C(=O)NCCCOC(c2ccccc2)(c2ccc(OC)cc2)c2ccc(OC)cc2)c1. The molecule has 0 radical (unpaired) electrons. The molecule has 0 heterocycles. The fraction of sp³-hybridized carbons (Fsp3) is 0.206. The molecule has 4 aromatic rings. The van der Waals surface area contributed by atoms with E-state index >= 15 is 0 Å². The van der Waals surface area contributed by atoms with Crippen LogP contribution < -0.4 is 14.8 Å². The number of carbonyl (C=O) groups is 3. The predicted molar refractivity (Wildman–Crippen MR) is 160 cm³/mol.